The van der Waals surface area contributed by atoms with E-state index in [0.717, 1.165) is 31.4 Å². The van der Waals surface area contributed by atoms with Gasteiger partial charge in [-0.05, 0) is 75.7 Å². The Labute approximate surface area is 326 Å². The Morgan fingerprint density at radius 3 is 2.33 bits per heavy atom. The summed E-state index contributed by atoms with van der Waals surface area (Å²) < 4.78 is 16.8. The van der Waals surface area contributed by atoms with E-state index in [9.17, 15) is 19.2 Å². The number of anilines is 1. The van der Waals surface area contributed by atoms with E-state index in [1.807, 2.05) is 59.0 Å². The number of nitrogen functional groups attached to an aromatic ring is 1. The fraction of sp³-hybridized carbons (Fsp3) is 0.675. The van der Waals surface area contributed by atoms with E-state index in [-0.39, 0.29) is 72.7 Å². The van der Waals surface area contributed by atoms with Crippen molar-refractivity contribution in [2.24, 2.45) is 17.8 Å². The summed E-state index contributed by atoms with van der Waals surface area (Å²) in [6.45, 7) is 12.8. The molecule has 1 fully saturated rings. The highest BCUT2D eigenvalue weighted by Crippen LogP contribution is 2.31. The van der Waals surface area contributed by atoms with E-state index in [1.54, 1.807) is 38.3 Å². The summed E-state index contributed by atoms with van der Waals surface area (Å²) >= 11 is 1.31. The molecule has 2 aromatic rings. The van der Waals surface area contributed by atoms with Crippen LogP contribution in [0.15, 0.2) is 29.6 Å². The Morgan fingerprint density at radius 2 is 1.74 bits per heavy atom. The second-order valence-corrected chi connectivity index (χ2v) is 15.8. The molecule has 13 nitrogen and oxygen atoms in total. The molecule has 0 saturated carbocycles. The molecule has 1 aliphatic rings. The van der Waals surface area contributed by atoms with E-state index in [4.69, 9.17) is 24.9 Å². The number of hydrogen-bond acceptors (Lipinski definition) is 11. The van der Waals surface area contributed by atoms with Gasteiger partial charge in [-0.3, -0.25) is 24.1 Å². The lowest BCUT2D eigenvalue weighted by Crippen LogP contribution is -2.59. The Balaban J connectivity index is 1.81. The van der Waals surface area contributed by atoms with Crippen LogP contribution in [-0.2, 0) is 35.0 Å². The van der Waals surface area contributed by atoms with E-state index in [0.29, 0.717) is 36.4 Å². The van der Waals surface area contributed by atoms with Crippen LogP contribution in [0.5, 0.6) is 0 Å². The number of carbonyl (C=O) groups excluding carboxylic acids is 4. The molecular weight excluding hydrogens is 709 g/mol. The van der Waals surface area contributed by atoms with Crippen LogP contribution in [0.1, 0.15) is 107 Å². The maximum atomic E-state index is 14.5. The molecule has 2 heterocycles. The van der Waals surface area contributed by atoms with Crippen molar-refractivity contribution in [2.75, 3.05) is 46.9 Å². The van der Waals surface area contributed by atoms with Crippen LogP contribution in [0, 0.1) is 17.8 Å². The average Bonchev–Trinajstić information content (AvgIpc) is 3.64. The molecule has 1 unspecified atom stereocenters. The number of likely N-dealkylation sites (tertiary alicyclic amines) is 1. The van der Waals surface area contributed by atoms with Gasteiger partial charge < -0.3 is 35.5 Å². The molecule has 1 aromatic carbocycles. The number of ether oxygens (including phenoxy) is 3. The predicted octanol–water partition coefficient (Wildman–Crippen LogP) is 5.21. The first kappa shape index (κ1) is 44.8. The van der Waals surface area contributed by atoms with Gasteiger partial charge in [0.05, 0.1) is 18.6 Å². The van der Waals surface area contributed by atoms with Crippen molar-refractivity contribution in [3.05, 3.63) is 45.9 Å². The lowest BCUT2D eigenvalue weighted by molar-refractivity contribution is -0.148. The number of benzene rings is 1. The number of aromatic nitrogens is 1. The zero-order valence-electron chi connectivity index (χ0n) is 33.8. The van der Waals surface area contributed by atoms with Gasteiger partial charge >= 0.3 is 5.97 Å². The Kier molecular flexibility index (Phi) is 18.3. The van der Waals surface area contributed by atoms with Crippen LogP contribution in [0.4, 0.5) is 5.69 Å². The summed E-state index contributed by atoms with van der Waals surface area (Å²) in [5.74, 6) is -1.54. The molecule has 14 heteroatoms. The van der Waals surface area contributed by atoms with Gasteiger partial charge in [-0.2, -0.15) is 0 Å². The Morgan fingerprint density at radius 1 is 1.04 bits per heavy atom. The van der Waals surface area contributed by atoms with Crippen molar-refractivity contribution in [3.63, 3.8) is 0 Å². The van der Waals surface area contributed by atoms with Gasteiger partial charge in [0.25, 0.3) is 5.91 Å². The first-order chi connectivity index (χ1) is 25.7. The molecule has 302 valence electrons. The molecular formula is C40H64N6O7S. The number of likely N-dealkylation sites (N-methyl/N-ethyl adjacent to an activating group) is 1. The van der Waals surface area contributed by atoms with E-state index in [1.165, 1.54) is 11.3 Å². The molecule has 3 rings (SSSR count). The molecule has 0 radical (unpaired) electrons. The smallest absolute Gasteiger partial charge is 0.308 e. The lowest BCUT2D eigenvalue weighted by Gasteiger charge is -2.39. The number of carbonyl (C=O) groups is 4. The fourth-order valence-corrected chi connectivity index (χ4v) is 7.88. The molecule has 1 saturated heterocycles. The second kappa shape index (κ2) is 22.1. The van der Waals surface area contributed by atoms with Gasteiger partial charge in [-0.15, -0.1) is 11.3 Å². The van der Waals surface area contributed by atoms with Gasteiger partial charge in [0.2, 0.25) is 11.8 Å². The average molecular weight is 773 g/mol. The summed E-state index contributed by atoms with van der Waals surface area (Å²) in [5.41, 5.74) is 7.73. The van der Waals surface area contributed by atoms with Crippen LogP contribution in [-0.4, -0.2) is 104 Å². The SMILES string of the molecule is CCOC(=O)C(C)C[C@H](Cc1ccc(N)cc1)NC(=O)c1csc([C@@H](C[C@H](C(C)C)N(COC)C(=O)[C@@H](NC(=O)[C@H]2CCCCN2C)[C@@H](C)CC)OC)n1. The zero-order chi connectivity index (χ0) is 39.9. The summed E-state index contributed by atoms with van der Waals surface area (Å²) in [4.78, 5) is 62.6. The largest absolute Gasteiger partial charge is 0.466 e. The monoisotopic (exact) mass is 772 g/mol. The van der Waals surface area contributed by atoms with Crippen LogP contribution < -0.4 is 16.4 Å². The molecule has 1 aromatic heterocycles. The van der Waals surface area contributed by atoms with E-state index < -0.39 is 18.1 Å². The number of amides is 3. The minimum atomic E-state index is -0.724. The third kappa shape index (κ3) is 12.7. The summed E-state index contributed by atoms with van der Waals surface area (Å²) in [6.07, 6.45) is 4.23. The number of rotatable bonds is 21. The standard InChI is InChI=1S/C40H64N6O7S/c1-10-26(5)35(44-37(48)32-14-12-13-19-45(32)7)39(49)46(24-51-8)33(25(3)4)22-34(52-9)38-43-31(23-54-38)36(47)42-30(20-27(6)40(50)53-11-2)21-28-15-17-29(41)18-16-28/h15-18,23,25-27,30,32-35H,10-14,19-22,24,41H2,1-9H3,(H,42,47)(H,44,48)/t26-,27?,30+,32+,33+,34+,35-/m0/s1. The van der Waals surface area contributed by atoms with Crippen molar-refractivity contribution < 1.29 is 33.4 Å². The number of hydrogen-bond donors (Lipinski definition) is 3. The van der Waals surface area contributed by atoms with E-state index in [2.05, 4.69) is 15.5 Å². The lowest BCUT2D eigenvalue weighted by atomic mass is 9.92. The van der Waals surface area contributed by atoms with Gasteiger partial charge in [0, 0.05) is 43.8 Å². The fourth-order valence-electron chi connectivity index (χ4n) is 6.99. The van der Waals surface area contributed by atoms with Crippen LogP contribution >= 0.6 is 11.3 Å². The second-order valence-electron chi connectivity index (χ2n) is 14.9. The number of nitrogens with one attached hydrogen (secondary N) is 2. The van der Waals surface area contributed by atoms with Gasteiger partial charge in [-0.1, -0.05) is 59.6 Å². The predicted molar refractivity (Wildman–Crippen MR) is 212 cm³/mol. The number of nitrogens with two attached hydrogens (primary N) is 1. The molecule has 0 aliphatic carbocycles. The highest BCUT2D eigenvalue weighted by Gasteiger charge is 2.38. The highest BCUT2D eigenvalue weighted by molar-refractivity contribution is 7.09. The highest BCUT2D eigenvalue weighted by atomic mass is 32.1. The Bertz CT molecular complexity index is 1490. The molecule has 4 N–H and O–H groups in total. The third-order valence-corrected chi connectivity index (χ3v) is 11.4. The quantitative estimate of drug-likeness (QED) is 0.0872. The van der Waals surface area contributed by atoms with Crippen LogP contribution in [0.3, 0.4) is 0 Å². The minimum Gasteiger partial charge on any atom is -0.466 e. The molecule has 54 heavy (non-hydrogen) atoms. The molecule has 0 spiro atoms. The first-order valence-electron chi connectivity index (χ1n) is 19.3. The van der Waals surface area contributed by atoms with Crippen molar-refractivity contribution in [3.8, 4) is 0 Å². The number of thiazole rings is 1. The summed E-state index contributed by atoms with van der Waals surface area (Å²) in [6, 6.07) is 5.73. The van der Waals surface area contributed by atoms with Crippen molar-refractivity contribution >= 4 is 40.7 Å². The zero-order valence-corrected chi connectivity index (χ0v) is 34.6. The molecule has 7 atom stereocenters. The van der Waals surface area contributed by atoms with E-state index >= 15 is 0 Å². The molecule has 1 aliphatic heterocycles. The number of methoxy groups -OCH3 is 2. The van der Waals surface area contributed by atoms with Crippen molar-refractivity contribution in [1.82, 2.24) is 25.4 Å². The van der Waals surface area contributed by atoms with Crippen molar-refractivity contribution in [2.45, 2.75) is 117 Å². The molecule has 3 amide bonds. The van der Waals surface area contributed by atoms with Crippen LogP contribution in [0.2, 0.25) is 0 Å². The minimum absolute atomic E-state index is 0.00211. The molecule has 0 bridgehead atoms. The number of esters is 1. The van der Waals surface area contributed by atoms with Gasteiger partial charge in [0.1, 0.15) is 29.6 Å². The maximum absolute atomic E-state index is 14.5. The number of nitrogens with zero attached hydrogens (tertiary/aromatic N) is 3. The third-order valence-electron chi connectivity index (χ3n) is 10.5. The first-order valence-corrected chi connectivity index (χ1v) is 20.2. The van der Waals surface area contributed by atoms with Crippen LogP contribution in [0.25, 0.3) is 0 Å². The topological polar surface area (TPSA) is 165 Å². The Hall–Kier alpha value is -3.59. The maximum Gasteiger partial charge on any atom is 0.308 e. The summed E-state index contributed by atoms with van der Waals surface area (Å²) in [7, 11) is 5.10. The van der Waals surface area contributed by atoms with Crippen molar-refractivity contribution in [1.29, 1.82) is 0 Å². The number of piperidine rings is 1. The summed E-state index contributed by atoms with van der Waals surface area (Å²) in [5, 5.41) is 8.52. The van der Waals surface area contributed by atoms with Gasteiger partial charge in [-0.25, -0.2) is 4.98 Å². The van der Waals surface area contributed by atoms with Gasteiger partial charge in [0.15, 0.2) is 0 Å². The normalized spacial score (nSPS) is 18.2.